The molecule has 0 spiro atoms. The molecule has 0 fully saturated rings. The highest BCUT2D eigenvalue weighted by Crippen LogP contribution is 2.34. The van der Waals surface area contributed by atoms with Gasteiger partial charge in [0, 0.05) is 24.3 Å². The summed E-state index contributed by atoms with van der Waals surface area (Å²) in [6, 6.07) is 9.76. The molecule has 3 aromatic rings. The molecule has 3 rings (SSSR count). The van der Waals surface area contributed by atoms with Gasteiger partial charge in [0.25, 0.3) is 0 Å². The number of hydrogen-bond acceptors (Lipinski definition) is 5. The van der Waals surface area contributed by atoms with Gasteiger partial charge in [-0.2, -0.15) is 0 Å². The van der Waals surface area contributed by atoms with Crippen molar-refractivity contribution in [2.75, 3.05) is 7.11 Å². The largest absolute Gasteiger partial charge is 0.489 e. The zero-order valence-electron chi connectivity index (χ0n) is 16.0. The quantitative estimate of drug-likeness (QED) is 0.644. The van der Waals surface area contributed by atoms with Crippen molar-refractivity contribution in [2.45, 2.75) is 33.5 Å². The van der Waals surface area contributed by atoms with Crippen LogP contribution in [-0.4, -0.2) is 29.6 Å². The molecular formula is C20H25N3O4. The monoisotopic (exact) mass is 371 g/mol. The van der Waals surface area contributed by atoms with Crippen LogP contribution >= 0.6 is 0 Å². The normalized spacial score (nSPS) is 10.4. The molecule has 144 valence electrons. The zero-order valence-corrected chi connectivity index (χ0v) is 16.0. The SMILES string of the molecule is COCc1ccc(Oc2cc(OC(C)C)c3[nH]c(C)cc3c2)cn1.NC=O. The lowest BCUT2D eigenvalue weighted by Crippen LogP contribution is -2.06. The number of nitrogens with one attached hydrogen (secondary N) is 1. The Bertz CT molecular complexity index is 873. The van der Waals surface area contributed by atoms with Crippen LogP contribution in [0.2, 0.25) is 0 Å². The highest BCUT2D eigenvalue weighted by Gasteiger charge is 2.11. The molecule has 0 saturated heterocycles. The summed E-state index contributed by atoms with van der Waals surface area (Å²) >= 11 is 0. The molecule has 0 unspecified atom stereocenters. The van der Waals surface area contributed by atoms with Crippen molar-refractivity contribution in [3.8, 4) is 17.2 Å². The summed E-state index contributed by atoms with van der Waals surface area (Å²) in [7, 11) is 1.65. The molecule has 1 aromatic carbocycles. The molecule has 2 heterocycles. The van der Waals surface area contributed by atoms with Crippen LogP contribution in [0.3, 0.4) is 0 Å². The van der Waals surface area contributed by atoms with Gasteiger partial charge in [-0.05, 0) is 45.0 Å². The van der Waals surface area contributed by atoms with Gasteiger partial charge >= 0.3 is 0 Å². The van der Waals surface area contributed by atoms with E-state index >= 15 is 0 Å². The molecule has 7 heteroatoms. The molecular weight excluding hydrogens is 346 g/mol. The average molecular weight is 371 g/mol. The number of primary amides is 1. The molecule has 0 aliphatic carbocycles. The summed E-state index contributed by atoms with van der Waals surface area (Å²) in [5, 5.41) is 1.06. The Balaban J connectivity index is 0.000000817. The fraction of sp³-hybridized carbons (Fsp3) is 0.300. The number of carbonyl (C=O) groups excluding carboxylic acids is 1. The van der Waals surface area contributed by atoms with Crippen molar-refractivity contribution in [1.82, 2.24) is 9.97 Å². The lowest BCUT2D eigenvalue weighted by molar-refractivity contribution is -0.106. The lowest BCUT2D eigenvalue weighted by Gasteiger charge is -2.13. The molecule has 0 aliphatic heterocycles. The third kappa shape index (κ3) is 5.72. The minimum atomic E-state index is 0.0852. The van der Waals surface area contributed by atoms with Gasteiger partial charge in [0.2, 0.25) is 6.41 Å². The van der Waals surface area contributed by atoms with Crippen LogP contribution < -0.4 is 15.2 Å². The Kier molecular flexibility index (Phi) is 7.19. The molecule has 0 atom stereocenters. The number of amides is 1. The summed E-state index contributed by atoms with van der Waals surface area (Å²) in [4.78, 5) is 16.2. The fourth-order valence-corrected chi connectivity index (χ4v) is 2.57. The molecule has 0 radical (unpaired) electrons. The number of H-pyrrole nitrogens is 1. The zero-order chi connectivity index (χ0) is 19.8. The number of methoxy groups -OCH3 is 1. The van der Waals surface area contributed by atoms with Gasteiger partial charge in [-0.25, -0.2) is 0 Å². The first kappa shape index (κ1) is 20.3. The second-order valence-electron chi connectivity index (χ2n) is 6.16. The number of fused-ring (bicyclic) bond motifs is 1. The number of aromatic amines is 1. The van der Waals surface area contributed by atoms with E-state index in [2.05, 4.69) is 21.8 Å². The number of aryl methyl sites for hydroxylation is 1. The molecule has 3 N–H and O–H groups in total. The molecule has 1 amide bonds. The average Bonchev–Trinajstić information content (AvgIpc) is 2.98. The van der Waals surface area contributed by atoms with Crippen LogP contribution in [0.15, 0.2) is 36.5 Å². The highest BCUT2D eigenvalue weighted by atomic mass is 16.5. The third-order valence-electron chi connectivity index (χ3n) is 3.49. The Hall–Kier alpha value is -3.06. The van der Waals surface area contributed by atoms with Crippen LogP contribution in [0.1, 0.15) is 25.2 Å². The number of aromatic nitrogens is 2. The van der Waals surface area contributed by atoms with Crippen molar-refractivity contribution in [2.24, 2.45) is 5.73 Å². The number of hydrogen-bond donors (Lipinski definition) is 2. The first-order valence-electron chi connectivity index (χ1n) is 8.54. The van der Waals surface area contributed by atoms with E-state index in [-0.39, 0.29) is 12.5 Å². The Morgan fingerprint density at radius 2 is 1.96 bits per heavy atom. The lowest BCUT2D eigenvalue weighted by atomic mass is 10.2. The van der Waals surface area contributed by atoms with E-state index in [4.69, 9.17) is 19.0 Å². The number of ether oxygens (including phenoxy) is 3. The van der Waals surface area contributed by atoms with Gasteiger partial charge in [-0.3, -0.25) is 9.78 Å². The van der Waals surface area contributed by atoms with Gasteiger partial charge in [-0.1, -0.05) is 0 Å². The minimum Gasteiger partial charge on any atom is -0.489 e. The molecule has 0 bridgehead atoms. The van der Waals surface area contributed by atoms with E-state index in [1.807, 2.05) is 45.0 Å². The number of rotatable bonds is 6. The Morgan fingerprint density at radius 3 is 2.56 bits per heavy atom. The molecule has 0 aliphatic rings. The second-order valence-corrected chi connectivity index (χ2v) is 6.16. The van der Waals surface area contributed by atoms with Crippen molar-refractivity contribution in [3.05, 3.63) is 47.9 Å². The van der Waals surface area contributed by atoms with Crippen LogP contribution in [0.4, 0.5) is 0 Å². The summed E-state index contributed by atoms with van der Waals surface area (Å²) in [6.45, 7) is 6.53. The Morgan fingerprint density at radius 1 is 1.22 bits per heavy atom. The van der Waals surface area contributed by atoms with Gasteiger partial charge in [0.05, 0.1) is 30.1 Å². The summed E-state index contributed by atoms with van der Waals surface area (Å²) in [6.07, 6.45) is 2.03. The van der Waals surface area contributed by atoms with Crippen LogP contribution in [-0.2, 0) is 16.1 Å². The van der Waals surface area contributed by atoms with Crippen molar-refractivity contribution < 1.29 is 19.0 Å². The second kappa shape index (κ2) is 9.59. The number of nitrogens with zero attached hydrogens (tertiary/aromatic N) is 1. The first-order valence-corrected chi connectivity index (χ1v) is 8.54. The topological polar surface area (TPSA) is 99.5 Å². The van der Waals surface area contributed by atoms with E-state index in [9.17, 15) is 0 Å². The van der Waals surface area contributed by atoms with E-state index in [1.165, 1.54) is 0 Å². The van der Waals surface area contributed by atoms with Crippen LogP contribution in [0.5, 0.6) is 17.2 Å². The molecule has 7 nitrogen and oxygen atoms in total. The standard InChI is InChI=1S/C19H22N2O3.CH3NO/c1-12(2)23-18-9-17(8-14-7-13(3)21-19(14)18)24-16-6-5-15(11-22-4)20-10-16;2-1-3/h5-10,12,21H,11H2,1-4H3;1H,(H2,2,3). The van der Waals surface area contributed by atoms with E-state index in [0.717, 1.165) is 33.8 Å². The minimum absolute atomic E-state index is 0.0852. The van der Waals surface area contributed by atoms with E-state index in [0.29, 0.717) is 12.4 Å². The van der Waals surface area contributed by atoms with Crippen molar-refractivity contribution in [1.29, 1.82) is 0 Å². The fourth-order valence-electron chi connectivity index (χ4n) is 2.57. The van der Waals surface area contributed by atoms with Crippen molar-refractivity contribution >= 4 is 17.3 Å². The Labute approximate surface area is 158 Å². The maximum absolute atomic E-state index is 8.58. The predicted octanol–water partition coefficient (Wildman–Crippen LogP) is 3.70. The first-order chi connectivity index (χ1) is 13.0. The molecule has 2 aromatic heterocycles. The number of benzene rings is 1. The van der Waals surface area contributed by atoms with E-state index in [1.54, 1.807) is 13.3 Å². The highest BCUT2D eigenvalue weighted by molar-refractivity contribution is 5.87. The summed E-state index contributed by atoms with van der Waals surface area (Å²) in [5.41, 5.74) is 7.11. The van der Waals surface area contributed by atoms with E-state index < -0.39 is 0 Å². The number of carbonyl (C=O) groups is 1. The van der Waals surface area contributed by atoms with Crippen LogP contribution in [0, 0.1) is 6.92 Å². The maximum Gasteiger partial charge on any atom is 0.204 e. The number of pyridine rings is 1. The van der Waals surface area contributed by atoms with Crippen LogP contribution in [0.25, 0.3) is 10.9 Å². The van der Waals surface area contributed by atoms with Crippen molar-refractivity contribution in [3.63, 3.8) is 0 Å². The molecule has 0 saturated carbocycles. The van der Waals surface area contributed by atoms with Gasteiger partial charge in [0.1, 0.15) is 17.2 Å². The maximum atomic E-state index is 8.58. The van der Waals surface area contributed by atoms with Gasteiger partial charge < -0.3 is 24.9 Å². The molecule has 27 heavy (non-hydrogen) atoms. The number of nitrogens with two attached hydrogens (primary N) is 1. The summed E-state index contributed by atoms with van der Waals surface area (Å²) in [5.74, 6) is 2.19. The summed E-state index contributed by atoms with van der Waals surface area (Å²) < 4.78 is 16.9. The van der Waals surface area contributed by atoms with Gasteiger partial charge in [0.15, 0.2) is 0 Å². The van der Waals surface area contributed by atoms with Gasteiger partial charge in [-0.15, -0.1) is 0 Å². The third-order valence-corrected chi connectivity index (χ3v) is 3.49. The smallest absolute Gasteiger partial charge is 0.204 e. The predicted molar refractivity (Wildman–Crippen MR) is 104 cm³/mol.